The number of aromatic nitrogens is 2. The van der Waals surface area contributed by atoms with Crippen LogP contribution in [0.3, 0.4) is 0 Å². The zero-order chi connectivity index (χ0) is 16.3. The Morgan fingerprint density at radius 2 is 1.95 bits per heavy atom. The molecule has 0 aliphatic heterocycles. The number of anilines is 1. The first kappa shape index (κ1) is 16.5. The van der Waals surface area contributed by atoms with Crippen molar-refractivity contribution in [1.29, 1.82) is 0 Å². The van der Waals surface area contributed by atoms with Gasteiger partial charge in [-0.05, 0) is 50.5 Å². The van der Waals surface area contributed by atoms with Gasteiger partial charge in [0, 0.05) is 23.5 Å². The number of hydrogen-bond donors (Lipinski definition) is 2. The lowest BCUT2D eigenvalue weighted by atomic mass is 10.1. The highest BCUT2D eigenvalue weighted by Crippen LogP contribution is 2.22. The summed E-state index contributed by atoms with van der Waals surface area (Å²) in [7, 11) is 1.65. The van der Waals surface area contributed by atoms with Crippen molar-refractivity contribution in [2.24, 2.45) is 0 Å². The molecule has 2 rings (SSSR count). The van der Waals surface area contributed by atoms with Crippen molar-refractivity contribution in [3.63, 3.8) is 0 Å². The zero-order valence-electron chi connectivity index (χ0n) is 13.8. The van der Waals surface area contributed by atoms with Crippen LogP contribution in [0.4, 0.5) is 5.69 Å². The Hall–Kier alpha value is -1.88. The van der Waals surface area contributed by atoms with Gasteiger partial charge in [-0.3, -0.25) is 0 Å². The fraction of sp³-hybridized carbons (Fsp3) is 0.412. The summed E-state index contributed by atoms with van der Waals surface area (Å²) >= 11 is 5.41. The largest absolute Gasteiger partial charge is 0.481 e. The molecule has 0 fully saturated rings. The van der Waals surface area contributed by atoms with Gasteiger partial charge < -0.3 is 15.0 Å². The average molecular weight is 317 g/mol. The van der Waals surface area contributed by atoms with Crippen LogP contribution in [0.2, 0.25) is 0 Å². The topological polar surface area (TPSA) is 49.9 Å². The normalized spacial score (nSPS) is 10.6. The summed E-state index contributed by atoms with van der Waals surface area (Å²) in [4.78, 5) is 7.73. The molecule has 0 aliphatic carbocycles. The van der Waals surface area contributed by atoms with Crippen LogP contribution < -0.4 is 10.1 Å². The van der Waals surface area contributed by atoms with Crippen molar-refractivity contribution < 1.29 is 4.74 Å². The van der Waals surface area contributed by atoms with Gasteiger partial charge in [0.05, 0.1) is 12.8 Å². The van der Waals surface area contributed by atoms with Crippen molar-refractivity contribution in [2.75, 3.05) is 12.4 Å². The number of pyridine rings is 2. The molecule has 4 nitrogen and oxygen atoms in total. The summed E-state index contributed by atoms with van der Waals surface area (Å²) in [6.07, 6.45) is 0.973. The fourth-order valence-electron chi connectivity index (χ4n) is 2.40. The summed E-state index contributed by atoms with van der Waals surface area (Å²) in [6.45, 7) is 8.85. The second kappa shape index (κ2) is 6.92. The molecule has 2 aromatic heterocycles. The summed E-state index contributed by atoms with van der Waals surface area (Å²) in [5.74, 6) is 0.660. The lowest BCUT2D eigenvalue weighted by Gasteiger charge is -2.13. The van der Waals surface area contributed by atoms with Gasteiger partial charge in [0.1, 0.15) is 4.64 Å². The molecule has 0 radical (unpaired) electrons. The molecule has 22 heavy (non-hydrogen) atoms. The van der Waals surface area contributed by atoms with Gasteiger partial charge in [0.25, 0.3) is 0 Å². The van der Waals surface area contributed by atoms with Crippen LogP contribution >= 0.6 is 12.2 Å². The Morgan fingerprint density at radius 3 is 2.59 bits per heavy atom. The molecular formula is C17H23N3OS. The molecule has 0 atom stereocenters. The van der Waals surface area contributed by atoms with Gasteiger partial charge in [0.2, 0.25) is 5.88 Å². The van der Waals surface area contributed by atoms with Crippen molar-refractivity contribution in [3.8, 4) is 5.88 Å². The van der Waals surface area contributed by atoms with Crippen molar-refractivity contribution in [3.05, 3.63) is 44.9 Å². The lowest BCUT2D eigenvalue weighted by Crippen LogP contribution is -2.06. The molecule has 0 bridgehead atoms. The van der Waals surface area contributed by atoms with Gasteiger partial charge in [-0.25, -0.2) is 4.98 Å². The number of aryl methyl sites for hydroxylation is 4. The highest BCUT2D eigenvalue weighted by molar-refractivity contribution is 7.71. The van der Waals surface area contributed by atoms with Gasteiger partial charge in [-0.15, -0.1) is 0 Å². The van der Waals surface area contributed by atoms with Crippen LogP contribution in [0.1, 0.15) is 35.0 Å². The minimum Gasteiger partial charge on any atom is -0.481 e. The van der Waals surface area contributed by atoms with E-state index < -0.39 is 0 Å². The first-order chi connectivity index (χ1) is 10.5. The Bertz CT molecular complexity index is 737. The van der Waals surface area contributed by atoms with E-state index in [1.54, 1.807) is 7.11 Å². The summed E-state index contributed by atoms with van der Waals surface area (Å²) < 4.78 is 6.11. The van der Waals surface area contributed by atoms with E-state index in [9.17, 15) is 0 Å². The average Bonchev–Trinajstić information content (AvgIpc) is 2.49. The zero-order valence-corrected chi connectivity index (χ0v) is 14.6. The molecule has 0 aliphatic rings. The van der Waals surface area contributed by atoms with Crippen LogP contribution in [0.15, 0.2) is 12.1 Å². The fourth-order valence-corrected chi connectivity index (χ4v) is 2.68. The van der Waals surface area contributed by atoms with Gasteiger partial charge in [-0.2, -0.15) is 0 Å². The van der Waals surface area contributed by atoms with Crippen molar-refractivity contribution in [2.45, 2.75) is 40.7 Å². The Kier molecular flexibility index (Phi) is 5.19. The van der Waals surface area contributed by atoms with E-state index in [-0.39, 0.29) is 0 Å². The van der Waals surface area contributed by atoms with Crippen LogP contribution in [0.25, 0.3) is 0 Å². The van der Waals surface area contributed by atoms with E-state index in [0.29, 0.717) is 12.4 Å². The highest BCUT2D eigenvalue weighted by atomic mass is 32.1. The predicted molar refractivity (Wildman–Crippen MR) is 93.3 cm³/mol. The van der Waals surface area contributed by atoms with Crippen LogP contribution in [-0.2, 0) is 13.0 Å². The van der Waals surface area contributed by atoms with Crippen LogP contribution in [0, 0.1) is 25.4 Å². The maximum Gasteiger partial charge on any atom is 0.218 e. The van der Waals surface area contributed by atoms with Gasteiger partial charge >= 0.3 is 0 Å². The maximum atomic E-state index is 5.41. The Morgan fingerprint density at radius 1 is 1.23 bits per heavy atom. The SMILES string of the molecule is CCc1cc(NCc2cc(C)c(C)nc2OC)c(=S)[nH]c1C. The molecule has 5 heteroatoms. The molecular weight excluding hydrogens is 294 g/mol. The molecule has 2 aromatic rings. The van der Waals surface area contributed by atoms with E-state index in [1.165, 1.54) is 5.56 Å². The number of H-pyrrole nitrogens is 1. The molecule has 2 N–H and O–H groups in total. The van der Waals surface area contributed by atoms with Gasteiger partial charge in [-0.1, -0.05) is 19.1 Å². The lowest BCUT2D eigenvalue weighted by molar-refractivity contribution is 0.392. The van der Waals surface area contributed by atoms with E-state index in [2.05, 4.69) is 48.2 Å². The monoisotopic (exact) mass is 317 g/mol. The van der Waals surface area contributed by atoms with E-state index in [4.69, 9.17) is 17.0 Å². The van der Waals surface area contributed by atoms with Crippen molar-refractivity contribution in [1.82, 2.24) is 9.97 Å². The molecule has 0 spiro atoms. The second-order valence-corrected chi connectivity index (χ2v) is 5.84. The third-order valence-electron chi connectivity index (χ3n) is 3.89. The number of methoxy groups -OCH3 is 1. The molecule has 0 unspecified atom stereocenters. The van der Waals surface area contributed by atoms with Crippen LogP contribution in [-0.4, -0.2) is 17.1 Å². The standard InChI is InChI=1S/C17H23N3OS/c1-6-13-8-15(17(22)20-12(13)4)18-9-14-7-10(2)11(3)19-16(14)21-5/h7-8,18H,6,9H2,1-5H3,(H,20,22). The quantitative estimate of drug-likeness (QED) is 0.810. The number of aromatic amines is 1. The minimum absolute atomic E-state index is 0.626. The molecule has 118 valence electrons. The summed E-state index contributed by atoms with van der Waals surface area (Å²) in [5.41, 5.74) is 6.50. The minimum atomic E-state index is 0.626. The maximum absolute atomic E-state index is 5.41. The molecule has 0 saturated carbocycles. The van der Waals surface area contributed by atoms with E-state index in [0.717, 1.165) is 39.3 Å². The summed E-state index contributed by atoms with van der Waals surface area (Å²) in [6, 6.07) is 4.23. The molecule has 0 aromatic carbocycles. The van der Waals surface area contributed by atoms with Crippen LogP contribution in [0.5, 0.6) is 5.88 Å². The molecule has 0 saturated heterocycles. The first-order valence-corrected chi connectivity index (χ1v) is 7.84. The Balaban J connectivity index is 2.27. The number of rotatable bonds is 5. The number of ether oxygens (including phenoxy) is 1. The number of nitrogens with zero attached hydrogens (tertiary/aromatic N) is 1. The molecule has 0 amide bonds. The third kappa shape index (κ3) is 3.47. The van der Waals surface area contributed by atoms with E-state index >= 15 is 0 Å². The smallest absolute Gasteiger partial charge is 0.218 e. The third-order valence-corrected chi connectivity index (χ3v) is 4.22. The Labute approximate surface area is 137 Å². The highest BCUT2D eigenvalue weighted by Gasteiger charge is 2.09. The van der Waals surface area contributed by atoms with Gasteiger partial charge in [0.15, 0.2) is 0 Å². The number of hydrogen-bond acceptors (Lipinski definition) is 4. The summed E-state index contributed by atoms with van der Waals surface area (Å²) in [5, 5.41) is 3.40. The number of nitrogens with one attached hydrogen (secondary N) is 2. The molecule has 2 heterocycles. The second-order valence-electron chi connectivity index (χ2n) is 5.43. The predicted octanol–water partition coefficient (Wildman–Crippen LogP) is 4.25. The van der Waals surface area contributed by atoms with E-state index in [1.807, 2.05) is 6.92 Å². The van der Waals surface area contributed by atoms with Crippen molar-refractivity contribution >= 4 is 17.9 Å². The first-order valence-electron chi connectivity index (χ1n) is 7.44.